The van der Waals surface area contributed by atoms with Gasteiger partial charge in [0.1, 0.15) is 0 Å². The molecule has 0 amide bonds. The Morgan fingerprint density at radius 3 is 0.707 bits per heavy atom. The number of hydrogen-bond donors (Lipinski definition) is 0. The van der Waals surface area contributed by atoms with E-state index >= 15 is 0 Å². The first-order valence-corrected chi connectivity index (χ1v) is 22.5. The minimum atomic E-state index is 0. The molecular weight excluding hydrogens is 1580 g/mol. The molecule has 0 bridgehead atoms. The second kappa shape index (κ2) is 18.0. The highest BCUT2D eigenvalue weighted by atomic mass is 79.9. The zero-order chi connectivity index (χ0) is 30.4. The standard InChI is InChI=1S/2C12H2Br8.H2O/c2*13-4-2-1-3(6(14)7(4)15)5-8(16)10(18)12(20)11(19)9(5)17;/h2*1-2H;1H2. The first-order chi connectivity index (χ1) is 18.5. The summed E-state index contributed by atoms with van der Waals surface area (Å²) in [4.78, 5) is 0. The van der Waals surface area contributed by atoms with E-state index < -0.39 is 0 Å². The summed E-state index contributed by atoms with van der Waals surface area (Å²) in [6.45, 7) is 0. The normalized spacial score (nSPS) is 10.7. The first kappa shape index (κ1) is 41.7. The van der Waals surface area contributed by atoms with E-state index in [2.05, 4.69) is 267 Å². The van der Waals surface area contributed by atoms with E-state index in [0.29, 0.717) is 0 Å². The Balaban J connectivity index is 0.000000280. The van der Waals surface area contributed by atoms with Gasteiger partial charge in [0.25, 0.3) is 0 Å². The predicted molar refractivity (Wildman–Crippen MR) is 231 cm³/mol. The zero-order valence-electron chi connectivity index (χ0n) is 18.9. The largest absolute Gasteiger partial charge is 0.412 e. The third-order valence-electron chi connectivity index (χ3n) is 5.03. The Bertz CT molecular complexity index is 1490. The van der Waals surface area contributed by atoms with E-state index in [1.807, 2.05) is 12.1 Å². The molecule has 0 spiro atoms. The van der Waals surface area contributed by atoms with E-state index in [0.717, 1.165) is 93.8 Å². The van der Waals surface area contributed by atoms with Crippen LogP contribution < -0.4 is 0 Å². The van der Waals surface area contributed by atoms with E-state index in [-0.39, 0.29) is 5.48 Å². The van der Waals surface area contributed by atoms with Crippen molar-refractivity contribution in [3.63, 3.8) is 0 Å². The van der Waals surface area contributed by atoms with Gasteiger partial charge < -0.3 is 5.48 Å². The molecular formula is C24H6Br16O. The highest BCUT2D eigenvalue weighted by molar-refractivity contribution is 9.17. The van der Waals surface area contributed by atoms with E-state index in [4.69, 9.17) is 0 Å². The summed E-state index contributed by atoms with van der Waals surface area (Å²) in [7, 11) is 0. The molecule has 0 aliphatic carbocycles. The van der Waals surface area contributed by atoms with Crippen LogP contribution in [0.3, 0.4) is 0 Å². The number of hydrogen-bond acceptors (Lipinski definition) is 0. The van der Waals surface area contributed by atoms with Gasteiger partial charge in [-0.15, -0.1) is 0 Å². The molecule has 0 unspecified atom stereocenters. The number of benzene rings is 4. The van der Waals surface area contributed by atoms with Crippen LogP contribution in [0.1, 0.15) is 0 Å². The summed E-state index contributed by atoms with van der Waals surface area (Å²) in [5.41, 5.74) is 4.22. The SMILES string of the molecule is Brc1ccc(-c2c(Br)c(Br)c(Br)c(Br)c2Br)c(Br)c1Br.Brc1ccc(-c2c(Br)c(Br)c(Br)c(Br)c2Br)c(Br)c1Br.O. The summed E-state index contributed by atoms with van der Waals surface area (Å²) in [6.07, 6.45) is 0. The Labute approximate surface area is 371 Å². The van der Waals surface area contributed by atoms with Gasteiger partial charge in [-0.2, -0.15) is 0 Å². The second-order valence-electron chi connectivity index (χ2n) is 7.34. The van der Waals surface area contributed by atoms with Crippen molar-refractivity contribution in [3.05, 3.63) is 95.8 Å². The average molecular weight is 1590 g/mol. The number of halogens is 16. The highest BCUT2D eigenvalue weighted by Gasteiger charge is 2.23. The van der Waals surface area contributed by atoms with Gasteiger partial charge >= 0.3 is 0 Å². The molecule has 0 atom stereocenters. The van der Waals surface area contributed by atoms with Crippen LogP contribution in [-0.2, 0) is 0 Å². The van der Waals surface area contributed by atoms with Gasteiger partial charge in [-0.3, -0.25) is 0 Å². The van der Waals surface area contributed by atoms with Gasteiger partial charge in [0.2, 0.25) is 0 Å². The molecule has 0 radical (unpaired) electrons. The molecule has 1 nitrogen and oxygen atoms in total. The molecule has 0 aromatic heterocycles. The van der Waals surface area contributed by atoms with Crippen LogP contribution >= 0.6 is 255 Å². The highest BCUT2D eigenvalue weighted by Crippen LogP contribution is 2.52. The summed E-state index contributed by atoms with van der Waals surface area (Å²) < 4.78 is 15.5. The summed E-state index contributed by atoms with van der Waals surface area (Å²) in [5.74, 6) is 0. The maximum Gasteiger partial charge on any atom is 0.0482 e. The topological polar surface area (TPSA) is 31.5 Å². The lowest BCUT2D eigenvalue weighted by Gasteiger charge is -2.16. The second-order valence-corrected chi connectivity index (χ2v) is 20.1. The molecule has 2 N–H and O–H groups in total. The molecule has 41 heavy (non-hydrogen) atoms. The smallest absolute Gasteiger partial charge is 0.0482 e. The quantitative estimate of drug-likeness (QED) is 0.142. The molecule has 4 aromatic carbocycles. The lowest BCUT2D eigenvalue weighted by Crippen LogP contribution is -1.90. The van der Waals surface area contributed by atoms with Gasteiger partial charge in [0.05, 0.1) is 0 Å². The van der Waals surface area contributed by atoms with E-state index in [1.165, 1.54) is 0 Å². The van der Waals surface area contributed by atoms with Gasteiger partial charge in [0, 0.05) is 82.7 Å². The Morgan fingerprint density at radius 1 is 0.244 bits per heavy atom. The molecule has 0 saturated heterocycles. The zero-order valence-corrected chi connectivity index (χ0v) is 44.2. The fourth-order valence-corrected chi connectivity index (χ4v) is 13.0. The average Bonchev–Trinajstić information content (AvgIpc) is 2.93. The molecule has 220 valence electrons. The van der Waals surface area contributed by atoms with Crippen molar-refractivity contribution in [2.45, 2.75) is 0 Å². The molecule has 0 aliphatic heterocycles. The third-order valence-corrected chi connectivity index (χ3v) is 24.0. The van der Waals surface area contributed by atoms with E-state index in [1.54, 1.807) is 0 Å². The lowest BCUT2D eigenvalue weighted by molar-refractivity contribution is 0.824. The minimum Gasteiger partial charge on any atom is -0.412 e. The van der Waals surface area contributed by atoms with Gasteiger partial charge in [0.15, 0.2) is 0 Å². The molecule has 17 heteroatoms. The fraction of sp³-hybridized carbons (Fsp3) is 0. The van der Waals surface area contributed by atoms with E-state index in [9.17, 15) is 0 Å². The molecule has 4 rings (SSSR count). The predicted octanol–water partition coefficient (Wildman–Crippen LogP) is 18.1. The Morgan fingerprint density at radius 2 is 0.463 bits per heavy atom. The summed E-state index contributed by atoms with van der Waals surface area (Å²) >= 11 is 57.5. The maximum atomic E-state index is 3.65. The van der Waals surface area contributed by atoms with Crippen molar-refractivity contribution in [3.8, 4) is 22.3 Å². The van der Waals surface area contributed by atoms with Crippen molar-refractivity contribution in [2.75, 3.05) is 0 Å². The number of rotatable bonds is 2. The van der Waals surface area contributed by atoms with Crippen LogP contribution in [-0.4, -0.2) is 5.48 Å². The monoisotopic (exact) mass is 1570 g/mol. The summed E-state index contributed by atoms with van der Waals surface area (Å²) in [5, 5.41) is 0. The van der Waals surface area contributed by atoms with Crippen LogP contribution in [0.4, 0.5) is 0 Å². The van der Waals surface area contributed by atoms with Crippen molar-refractivity contribution in [1.82, 2.24) is 0 Å². The van der Waals surface area contributed by atoms with Gasteiger partial charge in [-0.05, 0) is 278 Å². The van der Waals surface area contributed by atoms with Crippen molar-refractivity contribution in [2.24, 2.45) is 0 Å². The Kier molecular flexibility index (Phi) is 18.3. The maximum absolute atomic E-state index is 3.65. The van der Waals surface area contributed by atoms with Gasteiger partial charge in [-0.1, -0.05) is 12.1 Å². The van der Waals surface area contributed by atoms with Crippen molar-refractivity contribution < 1.29 is 5.48 Å². The van der Waals surface area contributed by atoms with Crippen LogP contribution in [0.15, 0.2) is 95.8 Å². The third kappa shape index (κ3) is 9.01. The Hall–Kier alpha value is 4.52. The van der Waals surface area contributed by atoms with Crippen LogP contribution in [0, 0.1) is 0 Å². The minimum absolute atomic E-state index is 0. The molecule has 0 fully saturated rings. The summed E-state index contributed by atoms with van der Waals surface area (Å²) in [6, 6.07) is 8.12. The van der Waals surface area contributed by atoms with Crippen molar-refractivity contribution >= 4 is 255 Å². The van der Waals surface area contributed by atoms with Crippen LogP contribution in [0.5, 0.6) is 0 Å². The lowest BCUT2D eigenvalue weighted by atomic mass is 10.1. The van der Waals surface area contributed by atoms with Gasteiger partial charge in [-0.25, -0.2) is 0 Å². The molecule has 0 aliphatic rings. The van der Waals surface area contributed by atoms with Crippen LogP contribution in [0.2, 0.25) is 0 Å². The van der Waals surface area contributed by atoms with Crippen molar-refractivity contribution in [1.29, 1.82) is 0 Å². The fourth-order valence-electron chi connectivity index (χ4n) is 3.12. The van der Waals surface area contributed by atoms with Crippen LogP contribution in [0.25, 0.3) is 22.3 Å². The molecule has 0 saturated carbocycles. The molecule has 4 aromatic rings. The molecule has 0 heterocycles. The first-order valence-electron chi connectivity index (χ1n) is 9.85.